The van der Waals surface area contributed by atoms with Gasteiger partial charge in [-0.1, -0.05) is 18.2 Å². The van der Waals surface area contributed by atoms with Gasteiger partial charge in [0.2, 0.25) is 0 Å². The molecule has 0 aliphatic carbocycles. The number of aromatic nitrogens is 1. The van der Waals surface area contributed by atoms with Gasteiger partial charge in [0.05, 0.1) is 7.11 Å². The molecule has 0 atom stereocenters. The molecule has 1 aromatic carbocycles. The lowest BCUT2D eigenvalue weighted by molar-refractivity contribution is 0.299. The molecule has 0 radical (unpaired) electrons. The van der Waals surface area contributed by atoms with Gasteiger partial charge in [-0.25, -0.2) is 0 Å². The lowest BCUT2D eigenvalue weighted by Gasteiger charge is -2.07. The number of pyridine rings is 1. The van der Waals surface area contributed by atoms with Gasteiger partial charge in [0, 0.05) is 18.5 Å². The van der Waals surface area contributed by atoms with Gasteiger partial charge in [-0.05, 0) is 55.0 Å². The minimum absolute atomic E-state index is 0.178. The smallest absolute Gasteiger partial charge is 0.118 e. The van der Waals surface area contributed by atoms with Gasteiger partial charge in [0.1, 0.15) is 5.75 Å². The van der Waals surface area contributed by atoms with Crippen LogP contribution in [0.25, 0.3) is 0 Å². The number of hydrogen-bond acceptors (Lipinski definition) is 3. The van der Waals surface area contributed by atoms with E-state index in [9.17, 15) is 0 Å². The maximum absolute atomic E-state index is 9.06. The highest BCUT2D eigenvalue weighted by Crippen LogP contribution is 2.14. The molecule has 0 fully saturated rings. The molecule has 0 saturated carbocycles. The first-order valence-corrected chi connectivity index (χ1v) is 7.00. The number of ether oxygens (including phenoxy) is 1. The number of hydrogen-bond donors (Lipinski definition) is 1. The van der Waals surface area contributed by atoms with E-state index in [0.717, 1.165) is 36.3 Å². The largest absolute Gasteiger partial charge is 0.497 e. The van der Waals surface area contributed by atoms with Crippen LogP contribution in [-0.4, -0.2) is 23.8 Å². The van der Waals surface area contributed by atoms with Gasteiger partial charge in [0.25, 0.3) is 0 Å². The van der Waals surface area contributed by atoms with Crippen LogP contribution in [0.1, 0.15) is 23.2 Å². The Hall–Kier alpha value is -1.87. The van der Waals surface area contributed by atoms with Crippen molar-refractivity contribution in [1.82, 2.24) is 4.98 Å². The molecule has 0 saturated heterocycles. The van der Waals surface area contributed by atoms with Crippen molar-refractivity contribution in [3.05, 3.63) is 59.4 Å². The van der Waals surface area contributed by atoms with Crippen molar-refractivity contribution in [1.29, 1.82) is 0 Å². The van der Waals surface area contributed by atoms with Crippen molar-refractivity contribution in [3.8, 4) is 5.75 Å². The average Bonchev–Trinajstić information content (AvgIpc) is 2.50. The zero-order valence-electron chi connectivity index (χ0n) is 11.9. The molecule has 2 aromatic rings. The van der Waals surface area contributed by atoms with Crippen LogP contribution in [0.4, 0.5) is 0 Å². The van der Waals surface area contributed by atoms with Crippen LogP contribution in [0, 0.1) is 0 Å². The standard InChI is InChI=1S/C17H21NO2/c1-20-16-9-7-14(8-10-16)4-2-6-17-15(11-13-19)5-3-12-18-17/h3,5,7-10,12,19H,2,4,6,11,13H2,1H3. The Morgan fingerprint density at radius 3 is 2.55 bits per heavy atom. The molecule has 0 aliphatic heterocycles. The molecular formula is C17H21NO2. The third-order valence-corrected chi connectivity index (χ3v) is 3.40. The summed E-state index contributed by atoms with van der Waals surface area (Å²) in [4.78, 5) is 4.42. The first-order chi connectivity index (χ1) is 9.83. The van der Waals surface area contributed by atoms with Gasteiger partial charge in [-0.15, -0.1) is 0 Å². The normalized spacial score (nSPS) is 10.5. The highest BCUT2D eigenvalue weighted by molar-refractivity contribution is 5.27. The topological polar surface area (TPSA) is 42.4 Å². The summed E-state index contributed by atoms with van der Waals surface area (Å²) in [5.41, 5.74) is 3.57. The molecule has 0 aliphatic rings. The molecule has 20 heavy (non-hydrogen) atoms. The Morgan fingerprint density at radius 1 is 1.05 bits per heavy atom. The summed E-state index contributed by atoms with van der Waals surface area (Å²) in [7, 11) is 1.68. The van der Waals surface area contributed by atoms with Crippen LogP contribution in [0.5, 0.6) is 5.75 Å². The first-order valence-electron chi connectivity index (χ1n) is 7.00. The Kier molecular flexibility index (Phi) is 5.56. The van der Waals surface area contributed by atoms with E-state index in [2.05, 4.69) is 17.1 Å². The Labute approximate surface area is 120 Å². The maximum Gasteiger partial charge on any atom is 0.118 e. The second-order valence-corrected chi connectivity index (χ2v) is 4.78. The monoisotopic (exact) mass is 271 g/mol. The van der Waals surface area contributed by atoms with E-state index < -0.39 is 0 Å². The number of rotatable bonds is 7. The second kappa shape index (κ2) is 7.65. The highest BCUT2D eigenvalue weighted by atomic mass is 16.5. The third kappa shape index (κ3) is 4.07. The van der Waals surface area contributed by atoms with Gasteiger partial charge < -0.3 is 9.84 Å². The van der Waals surface area contributed by atoms with E-state index in [1.807, 2.05) is 30.5 Å². The van der Waals surface area contributed by atoms with Crippen LogP contribution >= 0.6 is 0 Å². The van der Waals surface area contributed by atoms with Crippen molar-refractivity contribution < 1.29 is 9.84 Å². The van der Waals surface area contributed by atoms with E-state index in [0.29, 0.717) is 6.42 Å². The van der Waals surface area contributed by atoms with Gasteiger partial charge in [-0.2, -0.15) is 0 Å². The van der Waals surface area contributed by atoms with Crippen LogP contribution in [0.3, 0.4) is 0 Å². The molecular weight excluding hydrogens is 250 g/mol. The Bertz CT molecular complexity index is 523. The van der Waals surface area contributed by atoms with Gasteiger partial charge in [0.15, 0.2) is 0 Å². The fraction of sp³-hybridized carbons (Fsp3) is 0.353. The minimum Gasteiger partial charge on any atom is -0.497 e. The quantitative estimate of drug-likeness (QED) is 0.842. The van der Waals surface area contributed by atoms with E-state index in [1.54, 1.807) is 7.11 Å². The SMILES string of the molecule is COc1ccc(CCCc2ncccc2CCO)cc1. The molecule has 0 bridgehead atoms. The summed E-state index contributed by atoms with van der Waals surface area (Å²) in [5, 5.41) is 9.06. The minimum atomic E-state index is 0.178. The zero-order chi connectivity index (χ0) is 14.2. The fourth-order valence-corrected chi connectivity index (χ4v) is 2.30. The number of methoxy groups -OCH3 is 1. The molecule has 1 N–H and O–H groups in total. The van der Waals surface area contributed by atoms with Gasteiger partial charge >= 0.3 is 0 Å². The molecule has 0 unspecified atom stereocenters. The van der Waals surface area contributed by atoms with Crippen molar-refractivity contribution in [2.45, 2.75) is 25.7 Å². The number of aliphatic hydroxyl groups is 1. The van der Waals surface area contributed by atoms with E-state index in [1.165, 1.54) is 5.56 Å². The predicted octanol–water partition coefficient (Wildman–Crippen LogP) is 2.80. The fourth-order valence-electron chi connectivity index (χ4n) is 2.30. The lowest BCUT2D eigenvalue weighted by atomic mass is 10.0. The summed E-state index contributed by atoms with van der Waals surface area (Å²) in [6.07, 6.45) is 5.54. The number of benzene rings is 1. The van der Waals surface area contributed by atoms with Crippen molar-refractivity contribution >= 4 is 0 Å². The molecule has 1 aromatic heterocycles. The van der Waals surface area contributed by atoms with E-state index >= 15 is 0 Å². The predicted molar refractivity (Wildman–Crippen MR) is 80.0 cm³/mol. The molecule has 0 spiro atoms. The van der Waals surface area contributed by atoms with Crippen LogP contribution in [0.2, 0.25) is 0 Å². The lowest BCUT2D eigenvalue weighted by Crippen LogP contribution is -2.01. The van der Waals surface area contributed by atoms with Crippen LogP contribution in [-0.2, 0) is 19.3 Å². The average molecular weight is 271 g/mol. The summed E-state index contributed by atoms with van der Waals surface area (Å²) < 4.78 is 5.15. The van der Waals surface area contributed by atoms with Crippen LogP contribution < -0.4 is 4.74 Å². The molecule has 0 amide bonds. The highest BCUT2D eigenvalue weighted by Gasteiger charge is 2.03. The zero-order valence-corrected chi connectivity index (χ0v) is 11.9. The summed E-state index contributed by atoms with van der Waals surface area (Å²) >= 11 is 0. The summed E-state index contributed by atoms with van der Waals surface area (Å²) in [6, 6.07) is 12.2. The van der Waals surface area contributed by atoms with Gasteiger partial charge in [-0.3, -0.25) is 4.98 Å². The summed E-state index contributed by atoms with van der Waals surface area (Å²) in [6.45, 7) is 0.178. The van der Waals surface area contributed by atoms with Crippen LogP contribution in [0.15, 0.2) is 42.6 Å². The molecule has 1 heterocycles. The van der Waals surface area contributed by atoms with E-state index in [4.69, 9.17) is 9.84 Å². The van der Waals surface area contributed by atoms with Crippen molar-refractivity contribution in [3.63, 3.8) is 0 Å². The molecule has 2 rings (SSSR count). The molecule has 106 valence electrons. The van der Waals surface area contributed by atoms with E-state index in [-0.39, 0.29) is 6.61 Å². The number of aliphatic hydroxyl groups excluding tert-OH is 1. The number of nitrogens with zero attached hydrogens (tertiary/aromatic N) is 1. The summed E-state index contributed by atoms with van der Waals surface area (Å²) in [5.74, 6) is 0.892. The Balaban J connectivity index is 1.89. The maximum atomic E-state index is 9.06. The molecule has 3 nitrogen and oxygen atoms in total. The van der Waals surface area contributed by atoms with Crippen molar-refractivity contribution in [2.24, 2.45) is 0 Å². The third-order valence-electron chi connectivity index (χ3n) is 3.40. The second-order valence-electron chi connectivity index (χ2n) is 4.78. The van der Waals surface area contributed by atoms with Crippen molar-refractivity contribution in [2.75, 3.05) is 13.7 Å². The Morgan fingerprint density at radius 2 is 1.85 bits per heavy atom. The molecule has 3 heteroatoms. The first kappa shape index (κ1) is 14.5. The number of aryl methyl sites for hydroxylation is 2.